The molecule has 0 aliphatic carbocycles. The van der Waals surface area contributed by atoms with Gasteiger partial charge in [-0.3, -0.25) is 9.59 Å². The molecule has 0 fully saturated rings. The van der Waals surface area contributed by atoms with Crippen LogP contribution in [-0.2, 0) is 16.1 Å². The van der Waals surface area contributed by atoms with Gasteiger partial charge < -0.3 is 16.4 Å². The molecule has 0 aromatic heterocycles. The highest BCUT2D eigenvalue weighted by atomic mass is 79.9. The Morgan fingerprint density at radius 3 is 2.35 bits per heavy atom. The van der Waals surface area contributed by atoms with Crippen molar-refractivity contribution in [2.75, 3.05) is 13.1 Å². The average molecular weight is 342 g/mol. The summed E-state index contributed by atoms with van der Waals surface area (Å²) in [7, 11) is 0. The SMILES string of the molecule is NCCCCC(=O)N(CC(N)=O)Cc1ccc(Br)cc1. The molecule has 0 bridgehead atoms. The molecule has 2 amide bonds. The number of primary amides is 1. The largest absolute Gasteiger partial charge is 0.368 e. The second-order valence-electron chi connectivity index (χ2n) is 4.59. The van der Waals surface area contributed by atoms with Crippen molar-refractivity contribution < 1.29 is 9.59 Å². The van der Waals surface area contributed by atoms with E-state index in [0.29, 0.717) is 19.5 Å². The van der Waals surface area contributed by atoms with E-state index < -0.39 is 5.91 Å². The summed E-state index contributed by atoms with van der Waals surface area (Å²) in [4.78, 5) is 24.7. The van der Waals surface area contributed by atoms with E-state index in [2.05, 4.69) is 15.9 Å². The maximum Gasteiger partial charge on any atom is 0.237 e. The normalized spacial score (nSPS) is 10.3. The topological polar surface area (TPSA) is 89.4 Å². The number of nitrogens with two attached hydrogens (primary N) is 2. The van der Waals surface area contributed by atoms with Gasteiger partial charge in [-0.2, -0.15) is 0 Å². The molecule has 0 unspecified atom stereocenters. The fourth-order valence-electron chi connectivity index (χ4n) is 1.81. The van der Waals surface area contributed by atoms with Gasteiger partial charge in [0.15, 0.2) is 0 Å². The van der Waals surface area contributed by atoms with Crippen molar-refractivity contribution in [2.45, 2.75) is 25.8 Å². The van der Waals surface area contributed by atoms with Gasteiger partial charge in [-0.05, 0) is 37.1 Å². The van der Waals surface area contributed by atoms with Crippen LogP contribution in [0.4, 0.5) is 0 Å². The molecule has 110 valence electrons. The molecule has 1 rings (SSSR count). The Morgan fingerprint density at radius 2 is 1.80 bits per heavy atom. The molecule has 4 N–H and O–H groups in total. The number of halogens is 1. The zero-order valence-electron chi connectivity index (χ0n) is 11.3. The minimum absolute atomic E-state index is 0.0580. The van der Waals surface area contributed by atoms with Gasteiger partial charge in [0.2, 0.25) is 11.8 Å². The van der Waals surface area contributed by atoms with Gasteiger partial charge in [-0.25, -0.2) is 0 Å². The van der Waals surface area contributed by atoms with E-state index in [0.717, 1.165) is 22.9 Å². The summed E-state index contributed by atoms with van der Waals surface area (Å²) in [6.07, 6.45) is 1.92. The second-order valence-corrected chi connectivity index (χ2v) is 5.50. The molecule has 0 aliphatic rings. The van der Waals surface area contributed by atoms with Crippen LogP contribution in [0.3, 0.4) is 0 Å². The predicted octanol–water partition coefficient (Wildman–Crippen LogP) is 1.39. The molecule has 5 nitrogen and oxygen atoms in total. The first kappa shape index (κ1) is 16.7. The van der Waals surface area contributed by atoms with Crippen molar-refractivity contribution in [2.24, 2.45) is 11.5 Å². The number of carbonyl (C=O) groups is 2. The van der Waals surface area contributed by atoms with Crippen LogP contribution in [0.15, 0.2) is 28.7 Å². The van der Waals surface area contributed by atoms with Gasteiger partial charge in [0.1, 0.15) is 0 Å². The van der Waals surface area contributed by atoms with Crippen LogP contribution in [0.5, 0.6) is 0 Å². The van der Waals surface area contributed by atoms with Crippen molar-refractivity contribution in [3.05, 3.63) is 34.3 Å². The van der Waals surface area contributed by atoms with E-state index in [1.54, 1.807) is 0 Å². The van der Waals surface area contributed by atoms with E-state index in [4.69, 9.17) is 11.5 Å². The van der Waals surface area contributed by atoms with E-state index in [9.17, 15) is 9.59 Å². The van der Waals surface area contributed by atoms with E-state index in [1.165, 1.54) is 4.90 Å². The molecule has 0 radical (unpaired) electrons. The number of benzene rings is 1. The minimum Gasteiger partial charge on any atom is -0.368 e. The van der Waals surface area contributed by atoms with Crippen LogP contribution in [0.25, 0.3) is 0 Å². The Kier molecular flexibility index (Phi) is 7.25. The maximum atomic E-state index is 12.1. The van der Waals surface area contributed by atoms with Crippen molar-refractivity contribution in [1.82, 2.24) is 4.90 Å². The summed E-state index contributed by atoms with van der Waals surface area (Å²) in [5.74, 6) is -0.575. The smallest absolute Gasteiger partial charge is 0.237 e. The van der Waals surface area contributed by atoms with Crippen LogP contribution in [0.1, 0.15) is 24.8 Å². The quantitative estimate of drug-likeness (QED) is 0.700. The zero-order valence-corrected chi connectivity index (χ0v) is 12.9. The van der Waals surface area contributed by atoms with Gasteiger partial charge in [0.25, 0.3) is 0 Å². The number of rotatable bonds is 8. The van der Waals surface area contributed by atoms with E-state index >= 15 is 0 Å². The molecule has 1 aromatic carbocycles. The van der Waals surface area contributed by atoms with Crippen molar-refractivity contribution in [1.29, 1.82) is 0 Å². The van der Waals surface area contributed by atoms with Crippen molar-refractivity contribution in [3.8, 4) is 0 Å². The number of unbranched alkanes of at least 4 members (excludes halogenated alkanes) is 1. The zero-order chi connectivity index (χ0) is 15.0. The molecular formula is C14H20BrN3O2. The summed E-state index contributed by atoms with van der Waals surface area (Å²) >= 11 is 3.36. The Bertz CT molecular complexity index is 448. The Morgan fingerprint density at radius 1 is 1.15 bits per heavy atom. The number of hydrogen-bond donors (Lipinski definition) is 2. The molecule has 6 heteroatoms. The molecule has 1 aromatic rings. The highest BCUT2D eigenvalue weighted by molar-refractivity contribution is 9.10. The monoisotopic (exact) mass is 341 g/mol. The molecule has 20 heavy (non-hydrogen) atoms. The lowest BCUT2D eigenvalue weighted by atomic mass is 10.2. The van der Waals surface area contributed by atoms with E-state index in [-0.39, 0.29) is 12.5 Å². The van der Waals surface area contributed by atoms with Gasteiger partial charge >= 0.3 is 0 Å². The van der Waals surface area contributed by atoms with Crippen LogP contribution >= 0.6 is 15.9 Å². The minimum atomic E-state index is -0.505. The van der Waals surface area contributed by atoms with Gasteiger partial charge in [-0.1, -0.05) is 28.1 Å². The summed E-state index contributed by atoms with van der Waals surface area (Å²) in [6.45, 7) is 0.894. The lowest BCUT2D eigenvalue weighted by Crippen LogP contribution is -2.37. The van der Waals surface area contributed by atoms with Crippen LogP contribution < -0.4 is 11.5 Å². The lowest BCUT2D eigenvalue weighted by molar-refractivity contribution is -0.135. The molecular weight excluding hydrogens is 322 g/mol. The molecule has 0 spiro atoms. The second kappa shape index (κ2) is 8.71. The summed E-state index contributed by atoms with van der Waals surface area (Å²) in [6, 6.07) is 7.61. The highest BCUT2D eigenvalue weighted by Crippen LogP contribution is 2.13. The standard InChI is InChI=1S/C14H20BrN3O2/c15-12-6-4-11(5-7-12)9-18(10-13(17)19)14(20)3-1-2-8-16/h4-7H,1-3,8-10,16H2,(H2,17,19). The molecule has 0 saturated heterocycles. The third kappa shape index (κ3) is 6.16. The Balaban J connectivity index is 2.65. The molecule has 0 heterocycles. The maximum absolute atomic E-state index is 12.1. The van der Waals surface area contributed by atoms with Crippen LogP contribution in [0, 0.1) is 0 Å². The summed E-state index contributed by atoms with van der Waals surface area (Å²) in [5, 5.41) is 0. The number of hydrogen-bond acceptors (Lipinski definition) is 3. The fourth-order valence-corrected chi connectivity index (χ4v) is 2.07. The van der Waals surface area contributed by atoms with Crippen molar-refractivity contribution >= 4 is 27.7 Å². The molecule has 0 saturated carbocycles. The third-order valence-electron chi connectivity index (χ3n) is 2.83. The molecule has 0 aliphatic heterocycles. The third-order valence-corrected chi connectivity index (χ3v) is 3.36. The number of carbonyl (C=O) groups excluding carboxylic acids is 2. The highest BCUT2D eigenvalue weighted by Gasteiger charge is 2.15. The van der Waals surface area contributed by atoms with Gasteiger partial charge in [0.05, 0.1) is 6.54 Å². The first-order valence-corrected chi connectivity index (χ1v) is 7.33. The molecule has 0 atom stereocenters. The van der Waals surface area contributed by atoms with Gasteiger partial charge in [0, 0.05) is 17.4 Å². The fraction of sp³-hybridized carbons (Fsp3) is 0.429. The van der Waals surface area contributed by atoms with Crippen LogP contribution in [-0.4, -0.2) is 29.8 Å². The van der Waals surface area contributed by atoms with E-state index in [1.807, 2.05) is 24.3 Å². The summed E-state index contributed by atoms with van der Waals surface area (Å²) < 4.78 is 0.969. The average Bonchev–Trinajstić information content (AvgIpc) is 2.40. The Labute approximate surface area is 127 Å². The number of nitrogens with zero attached hydrogens (tertiary/aromatic N) is 1. The van der Waals surface area contributed by atoms with Gasteiger partial charge in [-0.15, -0.1) is 0 Å². The van der Waals surface area contributed by atoms with Crippen molar-refractivity contribution in [3.63, 3.8) is 0 Å². The van der Waals surface area contributed by atoms with Crippen LogP contribution in [0.2, 0.25) is 0 Å². The predicted molar refractivity (Wildman–Crippen MR) is 81.7 cm³/mol. The lowest BCUT2D eigenvalue weighted by Gasteiger charge is -2.21. The first-order valence-electron chi connectivity index (χ1n) is 6.53. The first-order chi connectivity index (χ1) is 9.52. The number of amides is 2. The summed E-state index contributed by atoms with van der Waals surface area (Å²) in [5.41, 5.74) is 11.6. The Hall–Kier alpha value is -1.40.